The largest absolute Gasteiger partial charge is 0.463 e. The van der Waals surface area contributed by atoms with E-state index in [1.54, 1.807) is 0 Å². The molecule has 0 saturated carbocycles. The van der Waals surface area contributed by atoms with Gasteiger partial charge in [0.2, 0.25) is 0 Å². The van der Waals surface area contributed by atoms with E-state index in [2.05, 4.69) is 41.7 Å². The van der Waals surface area contributed by atoms with Gasteiger partial charge in [0.05, 0.1) is 18.4 Å². The molecule has 0 aliphatic heterocycles. The minimum absolute atomic E-state index is 0.331. The first-order chi connectivity index (χ1) is 13.1. The Morgan fingerprint density at radius 1 is 1.11 bits per heavy atom. The van der Waals surface area contributed by atoms with Crippen LogP contribution in [-0.2, 0) is 6.42 Å². The number of hydrogen-bond acceptors (Lipinski definition) is 6. The van der Waals surface area contributed by atoms with Crippen LogP contribution in [0.1, 0.15) is 70.6 Å². The molecule has 0 bridgehead atoms. The molecule has 0 aromatic carbocycles. The third-order valence-electron chi connectivity index (χ3n) is 5.18. The summed E-state index contributed by atoms with van der Waals surface area (Å²) in [5, 5.41) is 9.55. The van der Waals surface area contributed by atoms with Crippen molar-refractivity contribution in [2.75, 3.05) is 32.0 Å². The molecular weight excluding hydrogens is 338 g/mol. The van der Waals surface area contributed by atoms with Crippen molar-refractivity contribution in [2.45, 2.75) is 65.7 Å². The monoisotopic (exact) mass is 371 g/mol. The Bertz CT molecular complexity index is 689. The van der Waals surface area contributed by atoms with Gasteiger partial charge >= 0.3 is 6.01 Å². The highest BCUT2D eigenvalue weighted by Crippen LogP contribution is 2.37. The first-order valence-corrected chi connectivity index (χ1v) is 10.3. The standard InChI is InChI=1S/C21H33N5O/c1-4-7-13-27-21-24-19-17(11-9-8-10-12-26(5-2)6-3)16(15-22)14-18(19)20(23)25-21/h4-14H2,1-3H3,(H2,23,24,25). The van der Waals surface area contributed by atoms with E-state index in [0.29, 0.717) is 24.9 Å². The van der Waals surface area contributed by atoms with Gasteiger partial charge in [-0.15, -0.1) is 0 Å². The molecule has 0 spiro atoms. The summed E-state index contributed by atoms with van der Waals surface area (Å²) < 4.78 is 5.65. The molecule has 6 heteroatoms. The van der Waals surface area contributed by atoms with E-state index in [-0.39, 0.29) is 0 Å². The van der Waals surface area contributed by atoms with Crippen LogP contribution in [0.3, 0.4) is 0 Å². The smallest absolute Gasteiger partial charge is 0.318 e. The van der Waals surface area contributed by atoms with E-state index in [4.69, 9.17) is 10.5 Å². The van der Waals surface area contributed by atoms with Crippen LogP contribution in [0.15, 0.2) is 5.57 Å². The molecule has 148 valence electrons. The summed E-state index contributed by atoms with van der Waals surface area (Å²) in [5.41, 5.74) is 9.64. The third-order valence-corrected chi connectivity index (χ3v) is 5.18. The zero-order valence-corrected chi connectivity index (χ0v) is 17.1. The van der Waals surface area contributed by atoms with Gasteiger partial charge in [0, 0.05) is 17.6 Å². The summed E-state index contributed by atoms with van der Waals surface area (Å²) in [5.74, 6) is 0.441. The molecule has 27 heavy (non-hydrogen) atoms. The summed E-state index contributed by atoms with van der Waals surface area (Å²) in [7, 11) is 0. The van der Waals surface area contributed by atoms with Gasteiger partial charge in [0.15, 0.2) is 0 Å². The van der Waals surface area contributed by atoms with Crippen LogP contribution in [0, 0.1) is 11.3 Å². The van der Waals surface area contributed by atoms with Crippen LogP contribution >= 0.6 is 0 Å². The number of nitrogen functional groups attached to an aromatic ring is 1. The van der Waals surface area contributed by atoms with Crippen molar-refractivity contribution in [1.82, 2.24) is 14.9 Å². The van der Waals surface area contributed by atoms with Gasteiger partial charge in [-0.3, -0.25) is 0 Å². The lowest BCUT2D eigenvalue weighted by molar-refractivity contribution is 0.285. The normalized spacial score (nSPS) is 13.1. The molecule has 1 aliphatic carbocycles. The molecule has 6 nitrogen and oxygen atoms in total. The second-order valence-electron chi connectivity index (χ2n) is 7.00. The number of anilines is 1. The molecule has 1 aromatic rings. The van der Waals surface area contributed by atoms with Gasteiger partial charge in [0.1, 0.15) is 5.82 Å². The average Bonchev–Trinajstić information content (AvgIpc) is 3.03. The molecule has 1 aromatic heterocycles. The zero-order chi connectivity index (χ0) is 19.6. The molecule has 0 saturated heterocycles. The topological polar surface area (TPSA) is 88.1 Å². The molecule has 1 heterocycles. The number of nitrogens with zero attached hydrogens (tertiary/aromatic N) is 4. The number of nitriles is 1. The van der Waals surface area contributed by atoms with E-state index in [0.717, 1.165) is 74.1 Å². The van der Waals surface area contributed by atoms with Gasteiger partial charge in [-0.25, -0.2) is 0 Å². The minimum Gasteiger partial charge on any atom is -0.463 e. The Hall–Kier alpha value is -2.13. The fourth-order valence-electron chi connectivity index (χ4n) is 3.43. The first kappa shape index (κ1) is 21.2. The molecule has 0 unspecified atom stereocenters. The fraction of sp³-hybridized carbons (Fsp3) is 0.667. The van der Waals surface area contributed by atoms with Crippen LogP contribution < -0.4 is 10.5 Å². The summed E-state index contributed by atoms with van der Waals surface area (Å²) in [6.07, 6.45) is 6.80. The van der Waals surface area contributed by atoms with Crippen molar-refractivity contribution >= 4 is 11.4 Å². The van der Waals surface area contributed by atoms with Crippen molar-refractivity contribution in [3.63, 3.8) is 0 Å². The van der Waals surface area contributed by atoms with Crippen molar-refractivity contribution in [1.29, 1.82) is 5.26 Å². The number of nitrogens with two attached hydrogens (primary N) is 1. The number of hydrogen-bond donors (Lipinski definition) is 1. The Balaban J connectivity index is 2.01. The van der Waals surface area contributed by atoms with Gasteiger partial charge in [-0.2, -0.15) is 15.2 Å². The molecule has 0 fully saturated rings. The fourth-order valence-corrected chi connectivity index (χ4v) is 3.43. The minimum atomic E-state index is 0.331. The summed E-state index contributed by atoms with van der Waals surface area (Å²) >= 11 is 0. The zero-order valence-electron chi connectivity index (χ0n) is 17.1. The van der Waals surface area contributed by atoms with Crippen molar-refractivity contribution in [3.05, 3.63) is 16.8 Å². The van der Waals surface area contributed by atoms with E-state index in [9.17, 15) is 5.26 Å². The molecule has 2 rings (SSSR count). The maximum Gasteiger partial charge on any atom is 0.318 e. The highest BCUT2D eigenvalue weighted by Gasteiger charge is 2.26. The molecule has 0 atom stereocenters. The Labute approximate surface area is 163 Å². The lowest BCUT2D eigenvalue weighted by Gasteiger charge is -2.17. The Morgan fingerprint density at radius 3 is 2.56 bits per heavy atom. The van der Waals surface area contributed by atoms with Crippen LogP contribution in [-0.4, -0.2) is 41.1 Å². The van der Waals surface area contributed by atoms with Crippen molar-refractivity contribution in [3.8, 4) is 12.1 Å². The Kier molecular flexibility index (Phi) is 8.53. The first-order valence-electron chi connectivity index (χ1n) is 10.3. The summed E-state index contributed by atoms with van der Waals surface area (Å²) in [6, 6.07) is 2.68. The van der Waals surface area contributed by atoms with Gasteiger partial charge in [-0.1, -0.05) is 33.6 Å². The van der Waals surface area contributed by atoms with Crippen LogP contribution in [0.5, 0.6) is 6.01 Å². The molecule has 0 radical (unpaired) electrons. The molecule has 0 amide bonds. The lowest BCUT2D eigenvalue weighted by Crippen LogP contribution is -2.23. The maximum atomic E-state index is 9.55. The summed E-state index contributed by atoms with van der Waals surface area (Å²) in [4.78, 5) is 11.3. The van der Waals surface area contributed by atoms with E-state index in [1.807, 2.05) is 0 Å². The van der Waals surface area contributed by atoms with Crippen LogP contribution in [0.2, 0.25) is 0 Å². The van der Waals surface area contributed by atoms with Crippen molar-refractivity contribution in [2.24, 2.45) is 0 Å². The SMILES string of the molecule is CCCCOc1nc(N)c2c(n1)C(CCCCCN(CC)CC)=C(C#N)C2. The van der Waals surface area contributed by atoms with Gasteiger partial charge in [0.25, 0.3) is 0 Å². The van der Waals surface area contributed by atoms with E-state index in [1.165, 1.54) is 6.42 Å². The second kappa shape index (κ2) is 10.9. The number of aromatic nitrogens is 2. The average molecular weight is 372 g/mol. The predicted molar refractivity (Wildman–Crippen MR) is 109 cm³/mol. The second-order valence-corrected chi connectivity index (χ2v) is 7.00. The number of fused-ring (bicyclic) bond motifs is 1. The quantitative estimate of drug-likeness (QED) is 0.559. The predicted octanol–water partition coefficient (Wildman–Crippen LogP) is 3.97. The third kappa shape index (κ3) is 5.67. The van der Waals surface area contributed by atoms with Crippen LogP contribution in [0.25, 0.3) is 5.57 Å². The number of allylic oxidation sites excluding steroid dienone is 2. The number of unbranched alkanes of at least 4 members (excludes halogenated alkanes) is 3. The number of rotatable bonds is 12. The summed E-state index contributed by atoms with van der Waals surface area (Å²) in [6.45, 7) is 10.4. The molecular formula is C21H33N5O. The van der Waals surface area contributed by atoms with E-state index < -0.39 is 0 Å². The highest BCUT2D eigenvalue weighted by molar-refractivity contribution is 5.79. The van der Waals surface area contributed by atoms with Gasteiger partial charge in [-0.05, 0) is 50.9 Å². The molecule has 2 N–H and O–H groups in total. The highest BCUT2D eigenvalue weighted by atomic mass is 16.5. The van der Waals surface area contributed by atoms with Gasteiger partial charge < -0.3 is 15.4 Å². The van der Waals surface area contributed by atoms with Crippen LogP contribution in [0.4, 0.5) is 5.82 Å². The lowest BCUT2D eigenvalue weighted by atomic mass is 10.0. The molecule has 1 aliphatic rings. The Morgan fingerprint density at radius 2 is 1.89 bits per heavy atom. The maximum absolute atomic E-state index is 9.55. The van der Waals surface area contributed by atoms with E-state index >= 15 is 0 Å². The van der Waals surface area contributed by atoms with Crippen molar-refractivity contribution < 1.29 is 4.74 Å². The number of ether oxygens (including phenoxy) is 1.